The van der Waals surface area contributed by atoms with E-state index in [4.69, 9.17) is 5.73 Å². The largest absolute Gasteiger partial charge is 0.381 e. The van der Waals surface area contributed by atoms with E-state index in [9.17, 15) is 8.42 Å². The molecule has 1 atom stereocenters. The molecule has 2 N–H and O–H groups in total. The number of anilines is 1. The molecule has 0 aromatic carbocycles. The molecule has 1 rings (SSSR count). The predicted molar refractivity (Wildman–Crippen MR) is 62.3 cm³/mol. The third-order valence-electron chi connectivity index (χ3n) is 2.69. The maximum Gasteiger partial charge on any atom is 0.248 e. The van der Waals surface area contributed by atoms with Crippen LogP contribution in [-0.4, -0.2) is 35.6 Å². The van der Waals surface area contributed by atoms with Gasteiger partial charge in [-0.3, -0.25) is 4.68 Å². The second kappa shape index (κ2) is 4.42. The van der Waals surface area contributed by atoms with E-state index in [1.807, 2.05) is 13.8 Å². The zero-order valence-electron chi connectivity index (χ0n) is 10.0. The summed E-state index contributed by atoms with van der Waals surface area (Å²) in [6.45, 7) is 3.79. The number of aromatic nitrogens is 2. The summed E-state index contributed by atoms with van der Waals surface area (Å²) in [7, 11) is -0.346. The summed E-state index contributed by atoms with van der Waals surface area (Å²) in [5.41, 5.74) is 5.57. The van der Waals surface area contributed by atoms with Crippen LogP contribution in [0, 0.1) is 0 Å². The Morgan fingerprint density at radius 3 is 2.56 bits per heavy atom. The first-order valence-electron chi connectivity index (χ1n) is 5.07. The molecule has 7 heteroatoms. The first-order valence-corrected chi connectivity index (χ1v) is 6.51. The lowest BCUT2D eigenvalue weighted by molar-refractivity contribution is 0.381. The van der Waals surface area contributed by atoms with Gasteiger partial charge in [-0.25, -0.2) is 8.42 Å². The van der Waals surface area contributed by atoms with Crippen LogP contribution in [0.25, 0.3) is 0 Å². The highest BCUT2D eigenvalue weighted by atomic mass is 32.2. The highest BCUT2D eigenvalue weighted by molar-refractivity contribution is 7.89. The molecule has 6 nitrogen and oxygen atoms in total. The maximum absolute atomic E-state index is 12.2. The molecule has 0 bridgehead atoms. The summed E-state index contributed by atoms with van der Waals surface area (Å²) in [6, 6.07) is -0.0652. The van der Waals surface area contributed by atoms with Gasteiger partial charge >= 0.3 is 0 Å². The van der Waals surface area contributed by atoms with Crippen LogP contribution >= 0.6 is 0 Å². The van der Waals surface area contributed by atoms with Crippen LogP contribution in [0.3, 0.4) is 0 Å². The van der Waals surface area contributed by atoms with E-state index in [0.717, 1.165) is 6.42 Å². The average Bonchev–Trinajstić information content (AvgIpc) is 2.56. The van der Waals surface area contributed by atoms with Gasteiger partial charge in [0.15, 0.2) is 5.82 Å². The summed E-state index contributed by atoms with van der Waals surface area (Å²) < 4.78 is 27.0. The fourth-order valence-corrected chi connectivity index (χ4v) is 2.86. The molecule has 92 valence electrons. The summed E-state index contributed by atoms with van der Waals surface area (Å²) in [5, 5.41) is 3.83. The Kier molecular flexibility index (Phi) is 3.59. The molecule has 1 aromatic rings. The SMILES string of the molecule is CCC(C)N(C)S(=O)(=O)c1cn(C)nc1N. The van der Waals surface area contributed by atoms with Crippen LogP contribution in [0.1, 0.15) is 20.3 Å². The van der Waals surface area contributed by atoms with E-state index in [2.05, 4.69) is 5.10 Å². The molecule has 1 heterocycles. The van der Waals surface area contributed by atoms with Crippen LogP contribution in [0.5, 0.6) is 0 Å². The van der Waals surface area contributed by atoms with Gasteiger partial charge in [-0.05, 0) is 13.3 Å². The first-order chi connectivity index (χ1) is 7.30. The summed E-state index contributed by atoms with van der Waals surface area (Å²) in [6.07, 6.45) is 2.17. The zero-order valence-corrected chi connectivity index (χ0v) is 10.8. The average molecular weight is 246 g/mol. The van der Waals surface area contributed by atoms with Crippen LogP contribution in [0.15, 0.2) is 11.1 Å². The van der Waals surface area contributed by atoms with Crippen molar-refractivity contribution in [2.45, 2.75) is 31.2 Å². The Balaban J connectivity index is 3.17. The summed E-state index contributed by atoms with van der Waals surface area (Å²) in [4.78, 5) is 0.0674. The van der Waals surface area contributed by atoms with Gasteiger partial charge in [0.05, 0.1) is 0 Å². The monoisotopic (exact) mass is 246 g/mol. The van der Waals surface area contributed by atoms with Gasteiger partial charge in [0.25, 0.3) is 0 Å². The van der Waals surface area contributed by atoms with Crippen molar-refractivity contribution in [2.24, 2.45) is 7.05 Å². The van der Waals surface area contributed by atoms with Crippen molar-refractivity contribution in [3.63, 3.8) is 0 Å². The third kappa shape index (κ3) is 2.19. The normalized spacial score (nSPS) is 14.3. The fraction of sp³-hybridized carbons (Fsp3) is 0.667. The van der Waals surface area contributed by atoms with E-state index < -0.39 is 10.0 Å². The Hall–Kier alpha value is -1.08. The zero-order chi connectivity index (χ0) is 12.5. The van der Waals surface area contributed by atoms with Gasteiger partial charge in [-0.15, -0.1) is 0 Å². The predicted octanol–water partition coefficient (Wildman–Crippen LogP) is 0.421. The first kappa shape index (κ1) is 13.0. The van der Waals surface area contributed by atoms with Crippen LogP contribution in [0.2, 0.25) is 0 Å². The fourth-order valence-electron chi connectivity index (χ4n) is 1.33. The quantitative estimate of drug-likeness (QED) is 0.835. The van der Waals surface area contributed by atoms with Crippen LogP contribution in [-0.2, 0) is 17.1 Å². The smallest absolute Gasteiger partial charge is 0.248 e. The van der Waals surface area contributed by atoms with Crippen LogP contribution in [0.4, 0.5) is 5.82 Å². The Labute approximate surface area is 96.1 Å². The number of nitrogen functional groups attached to an aromatic ring is 1. The van der Waals surface area contributed by atoms with Crippen molar-refractivity contribution < 1.29 is 8.42 Å². The highest BCUT2D eigenvalue weighted by Crippen LogP contribution is 2.21. The molecule has 0 aliphatic rings. The van der Waals surface area contributed by atoms with Crippen molar-refractivity contribution in [1.29, 1.82) is 0 Å². The van der Waals surface area contributed by atoms with E-state index in [0.29, 0.717) is 0 Å². The number of aryl methyl sites for hydroxylation is 1. The van der Waals surface area contributed by atoms with Crippen molar-refractivity contribution in [1.82, 2.24) is 14.1 Å². The third-order valence-corrected chi connectivity index (χ3v) is 4.68. The number of sulfonamides is 1. The number of nitrogens with zero attached hydrogens (tertiary/aromatic N) is 3. The Morgan fingerprint density at radius 2 is 2.19 bits per heavy atom. The molecular formula is C9H18N4O2S. The van der Waals surface area contributed by atoms with Gasteiger partial charge in [-0.2, -0.15) is 9.40 Å². The molecule has 16 heavy (non-hydrogen) atoms. The van der Waals surface area contributed by atoms with Gasteiger partial charge in [0.1, 0.15) is 4.90 Å². The lowest BCUT2D eigenvalue weighted by atomic mass is 10.3. The molecule has 0 amide bonds. The topological polar surface area (TPSA) is 81.2 Å². The minimum absolute atomic E-state index is 0.0395. The summed E-state index contributed by atoms with van der Waals surface area (Å²) in [5.74, 6) is 0.0395. The van der Waals surface area contributed by atoms with Crippen molar-refractivity contribution in [2.75, 3.05) is 12.8 Å². The Bertz CT molecular complexity index is 466. The van der Waals surface area contributed by atoms with Gasteiger partial charge in [0, 0.05) is 26.3 Å². The molecule has 0 saturated carbocycles. The molecule has 1 unspecified atom stereocenters. The molecule has 0 aliphatic carbocycles. The van der Waals surface area contributed by atoms with E-state index in [-0.39, 0.29) is 16.8 Å². The number of rotatable bonds is 4. The molecule has 0 fully saturated rings. The highest BCUT2D eigenvalue weighted by Gasteiger charge is 2.28. The van der Waals surface area contributed by atoms with Crippen molar-refractivity contribution in [3.8, 4) is 0 Å². The van der Waals surface area contributed by atoms with Gasteiger partial charge in [0.2, 0.25) is 10.0 Å². The van der Waals surface area contributed by atoms with Gasteiger partial charge in [-0.1, -0.05) is 6.92 Å². The number of hydrogen-bond acceptors (Lipinski definition) is 4. The maximum atomic E-state index is 12.2. The molecule has 0 saturated heterocycles. The van der Waals surface area contributed by atoms with E-state index >= 15 is 0 Å². The lowest BCUT2D eigenvalue weighted by Crippen LogP contribution is -2.34. The second-order valence-electron chi connectivity index (χ2n) is 3.83. The summed E-state index contributed by atoms with van der Waals surface area (Å²) >= 11 is 0. The molecule has 0 spiro atoms. The molecule has 0 radical (unpaired) electrons. The number of hydrogen-bond donors (Lipinski definition) is 1. The van der Waals surface area contributed by atoms with Crippen molar-refractivity contribution >= 4 is 15.8 Å². The lowest BCUT2D eigenvalue weighted by Gasteiger charge is -2.22. The molecule has 1 aromatic heterocycles. The molecular weight excluding hydrogens is 228 g/mol. The number of nitrogens with two attached hydrogens (primary N) is 1. The van der Waals surface area contributed by atoms with Crippen LogP contribution < -0.4 is 5.73 Å². The minimum Gasteiger partial charge on any atom is -0.381 e. The van der Waals surface area contributed by atoms with E-state index in [1.165, 1.54) is 15.2 Å². The second-order valence-corrected chi connectivity index (χ2v) is 5.80. The molecule has 0 aliphatic heterocycles. The van der Waals surface area contributed by atoms with Gasteiger partial charge < -0.3 is 5.73 Å². The van der Waals surface area contributed by atoms with Crippen molar-refractivity contribution in [3.05, 3.63) is 6.20 Å². The Morgan fingerprint density at radius 1 is 1.62 bits per heavy atom. The van der Waals surface area contributed by atoms with E-state index in [1.54, 1.807) is 14.1 Å². The standard InChI is InChI=1S/C9H18N4O2S/c1-5-7(2)13(4)16(14,15)8-6-12(3)11-9(8)10/h6-7H,5H2,1-4H3,(H2,10,11). The minimum atomic E-state index is -3.54.